The van der Waals surface area contributed by atoms with E-state index < -0.39 is 0 Å². The van der Waals surface area contributed by atoms with Crippen LogP contribution in [0.4, 0.5) is 5.69 Å². The fourth-order valence-corrected chi connectivity index (χ4v) is 2.47. The zero-order chi connectivity index (χ0) is 13.0. The molecule has 0 bridgehead atoms. The maximum absolute atomic E-state index is 9.70. The minimum absolute atomic E-state index is 0.358. The normalized spacial score (nSPS) is 23.9. The van der Waals surface area contributed by atoms with Gasteiger partial charge in [0.15, 0.2) is 0 Å². The summed E-state index contributed by atoms with van der Waals surface area (Å²) in [5.74, 6) is 0.358. The Morgan fingerprint density at radius 2 is 2.28 bits per heavy atom. The van der Waals surface area contributed by atoms with Crippen molar-refractivity contribution in [3.63, 3.8) is 0 Å². The predicted molar refractivity (Wildman–Crippen MR) is 74.1 cm³/mol. The van der Waals surface area contributed by atoms with E-state index in [0.29, 0.717) is 17.9 Å². The highest BCUT2D eigenvalue weighted by Crippen LogP contribution is 2.25. The summed E-state index contributed by atoms with van der Waals surface area (Å²) in [6, 6.07) is 6.23. The number of hydrogen-bond acceptors (Lipinski definition) is 3. The molecular weight excluding hydrogens is 226 g/mol. The molecule has 18 heavy (non-hydrogen) atoms. The molecule has 2 N–H and O–H groups in total. The van der Waals surface area contributed by atoms with Crippen LogP contribution >= 0.6 is 0 Å². The zero-order valence-electron chi connectivity index (χ0n) is 11.3. The van der Waals surface area contributed by atoms with Gasteiger partial charge in [0.2, 0.25) is 0 Å². The van der Waals surface area contributed by atoms with Crippen LogP contribution in [-0.4, -0.2) is 23.9 Å². The average molecular weight is 249 g/mol. The van der Waals surface area contributed by atoms with Crippen molar-refractivity contribution >= 4 is 5.69 Å². The van der Waals surface area contributed by atoms with Crippen LogP contribution in [0.25, 0.3) is 0 Å². The van der Waals surface area contributed by atoms with Gasteiger partial charge in [0, 0.05) is 24.4 Å². The van der Waals surface area contributed by atoms with E-state index in [4.69, 9.17) is 4.74 Å². The lowest BCUT2D eigenvalue weighted by atomic mass is 10.00. The summed E-state index contributed by atoms with van der Waals surface area (Å²) in [6.45, 7) is 4.93. The van der Waals surface area contributed by atoms with Gasteiger partial charge in [-0.25, -0.2) is 0 Å². The van der Waals surface area contributed by atoms with Crippen LogP contribution in [0.1, 0.15) is 38.2 Å². The van der Waals surface area contributed by atoms with Crippen molar-refractivity contribution in [2.45, 2.75) is 51.7 Å². The van der Waals surface area contributed by atoms with Crippen molar-refractivity contribution in [1.82, 2.24) is 0 Å². The van der Waals surface area contributed by atoms with E-state index in [0.717, 1.165) is 37.1 Å². The Hall–Kier alpha value is -1.22. The highest BCUT2D eigenvalue weighted by molar-refractivity contribution is 5.51. The fraction of sp³-hybridized carbons (Fsp3) is 0.600. The summed E-state index contributed by atoms with van der Waals surface area (Å²) in [7, 11) is 0. The molecule has 1 aliphatic heterocycles. The van der Waals surface area contributed by atoms with E-state index in [9.17, 15) is 5.11 Å². The highest BCUT2D eigenvalue weighted by atomic mass is 16.5. The number of benzene rings is 1. The molecule has 2 unspecified atom stereocenters. The standard InChI is InChI=1S/C15H23NO2/c1-3-4-14-9-13(7-8-18-14)16-12-6-5-11(2)15(17)10-12/h5-6,10,13-14,16-17H,3-4,7-9H2,1-2H3. The monoisotopic (exact) mass is 249 g/mol. The Balaban J connectivity index is 1.93. The number of nitrogens with one attached hydrogen (secondary N) is 1. The quantitative estimate of drug-likeness (QED) is 0.858. The zero-order valence-corrected chi connectivity index (χ0v) is 11.3. The molecule has 3 heteroatoms. The molecule has 1 fully saturated rings. The lowest BCUT2D eigenvalue weighted by molar-refractivity contribution is 0.00598. The van der Waals surface area contributed by atoms with Crippen molar-refractivity contribution in [3.8, 4) is 5.75 Å². The molecule has 1 heterocycles. The van der Waals surface area contributed by atoms with Crippen molar-refractivity contribution < 1.29 is 9.84 Å². The van der Waals surface area contributed by atoms with Gasteiger partial charge in [-0.05, 0) is 37.8 Å². The number of ether oxygens (including phenoxy) is 1. The van der Waals surface area contributed by atoms with Gasteiger partial charge in [0.25, 0.3) is 0 Å². The van der Waals surface area contributed by atoms with Crippen molar-refractivity contribution in [2.75, 3.05) is 11.9 Å². The maximum atomic E-state index is 9.70. The molecule has 1 aromatic carbocycles. The molecule has 0 spiro atoms. The third-order valence-corrected chi connectivity index (χ3v) is 3.56. The Morgan fingerprint density at radius 1 is 1.44 bits per heavy atom. The van der Waals surface area contributed by atoms with Gasteiger partial charge in [-0.15, -0.1) is 0 Å². The summed E-state index contributed by atoms with van der Waals surface area (Å²) < 4.78 is 5.74. The number of anilines is 1. The van der Waals surface area contributed by atoms with Crippen LogP contribution in [0.2, 0.25) is 0 Å². The second-order valence-corrected chi connectivity index (χ2v) is 5.15. The van der Waals surface area contributed by atoms with Gasteiger partial charge < -0.3 is 15.2 Å². The van der Waals surface area contributed by atoms with E-state index in [2.05, 4.69) is 12.2 Å². The predicted octanol–water partition coefficient (Wildman–Crippen LogP) is 3.46. The minimum atomic E-state index is 0.358. The Bertz CT molecular complexity index is 390. The molecule has 0 aliphatic carbocycles. The number of aryl methyl sites for hydroxylation is 1. The maximum Gasteiger partial charge on any atom is 0.120 e. The second kappa shape index (κ2) is 6.10. The summed E-state index contributed by atoms with van der Waals surface area (Å²) >= 11 is 0. The van der Waals surface area contributed by atoms with E-state index in [-0.39, 0.29) is 0 Å². The molecule has 100 valence electrons. The smallest absolute Gasteiger partial charge is 0.120 e. The molecule has 3 nitrogen and oxygen atoms in total. The average Bonchev–Trinajstić information content (AvgIpc) is 2.35. The van der Waals surface area contributed by atoms with Crippen LogP contribution in [0.15, 0.2) is 18.2 Å². The van der Waals surface area contributed by atoms with Gasteiger partial charge in [0.1, 0.15) is 5.75 Å². The first-order chi connectivity index (χ1) is 8.69. The van der Waals surface area contributed by atoms with Crippen LogP contribution in [0, 0.1) is 6.92 Å². The summed E-state index contributed by atoms with van der Waals surface area (Å²) in [6.07, 6.45) is 4.79. The molecule has 2 atom stereocenters. The van der Waals surface area contributed by atoms with Gasteiger partial charge >= 0.3 is 0 Å². The molecule has 1 saturated heterocycles. The van der Waals surface area contributed by atoms with Gasteiger partial charge in [-0.2, -0.15) is 0 Å². The lowest BCUT2D eigenvalue weighted by Gasteiger charge is -2.30. The molecule has 1 aliphatic rings. The summed E-state index contributed by atoms with van der Waals surface area (Å²) in [5, 5.41) is 13.2. The number of rotatable bonds is 4. The third-order valence-electron chi connectivity index (χ3n) is 3.56. The van der Waals surface area contributed by atoms with E-state index in [1.54, 1.807) is 6.07 Å². The lowest BCUT2D eigenvalue weighted by Crippen LogP contribution is -2.33. The van der Waals surface area contributed by atoms with E-state index in [1.165, 1.54) is 6.42 Å². The number of phenols is 1. The van der Waals surface area contributed by atoms with E-state index >= 15 is 0 Å². The largest absolute Gasteiger partial charge is 0.508 e. The van der Waals surface area contributed by atoms with Gasteiger partial charge in [0.05, 0.1) is 6.10 Å². The van der Waals surface area contributed by atoms with Crippen LogP contribution in [0.5, 0.6) is 5.75 Å². The first-order valence-electron chi connectivity index (χ1n) is 6.86. The van der Waals surface area contributed by atoms with Crippen LogP contribution in [-0.2, 0) is 4.74 Å². The highest BCUT2D eigenvalue weighted by Gasteiger charge is 2.21. The molecule has 0 radical (unpaired) electrons. The molecular formula is C15H23NO2. The fourth-order valence-electron chi connectivity index (χ4n) is 2.47. The molecule has 2 rings (SSSR count). The Kier molecular flexibility index (Phi) is 4.48. The molecule has 1 aromatic rings. The second-order valence-electron chi connectivity index (χ2n) is 5.15. The number of hydrogen-bond donors (Lipinski definition) is 2. The summed E-state index contributed by atoms with van der Waals surface area (Å²) in [5.41, 5.74) is 1.91. The first-order valence-corrected chi connectivity index (χ1v) is 6.86. The van der Waals surface area contributed by atoms with Crippen molar-refractivity contribution in [1.29, 1.82) is 0 Å². The van der Waals surface area contributed by atoms with Crippen molar-refractivity contribution in [3.05, 3.63) is 23.8 Å². The van der Waals surface area contributed by atoms with Crippen LogP contribution < -0.4 is 5.32 Å². The summed E-state index contributed by atoms with van der Waals surface area (Å²) in [4.78, 5) is 0. The molecule has 0 saturated carbocycles. The van der Waals surface area contributed by atoms with Crippen molar-refractivity contribution in [2.24, 2.45) is 0 Å². The molecule has 0 amide bonds. The van der Waals surface area contributed by atoms with Gasteiger partial charge in [-0.1, -0.05) is 19.4 Å². The number of phenolic OH excluding ortho intramolecular Hbond substituents is 1. The minimum Gasteiger partial charge on any atom is -0.508 e. The first kappa shape index (κ1) is 13.2. The van der Waals surface area contributed by atoms with Crippen LogP contribution in [0.3, 0.4) is 0 Å². The van der Waals surface area contributed by atoms with Gasteiger partial charge in [-0.3, -0.25) is 0 Å². The topological polar surface area (TPSA) is 41.5 Å². The Labute approximate surface area is 109 Å². The Morgan fingerprint density at radius 3 is 3.00 bits per heavy atom. The van der Waals surface area contributed by atoms with E-state index in [1.807, 2.05) is 19.1 Å². The SMILES string of the molecule is CCCC1CC(Nc2ccc(C)c(O)c2)CCO1. The number of aromatic hydroxyl groups is 1. The molecule has 0 aromatic heterocycles. The third kappa shape index (κ3) is 3.39.